The van der Waals surface area contributed by atoms with Crippen LogP contribution in [0.25, 0.3) is 0 Å². The monoisotopic (exact) mass is 556 g/mol. The first-order valence-electron chi connectivity index (χ1n) is 13.1. The zero-order valence-corrected chi connectivity index (χ0v) is 26.1. The van der Waals surface area contributed by atoms with Crippen LogP contribution in [0.1, 0.15) is 95.9 Å². The Balaban J connectivity index is 3.96. The summed E-state index contributed by atoms with van der Waals surface area (Å²) in [4.78, 5) is 56.6. The van der Waals surface area contributed by atoms with Gasteiger partial charge in [-0.2, -0.15) is 11.8 Å². The van der Waals surface area contributed by atoms with Gasteiger partial charge in [0.25, 0.3) is 0 Å². The molecule has 0 aliphatic carbocycles. The number of ether oxygens (including phenoxy) is 3. The van der Waals surface area contributed by atoms with Gasteiger partial charge in [0.2, 0.25) is 5.91 Å². The minimum atomic E-state index is -1.61. The van der Waals surface area contributed by atoms with Crippen molar-refractivity contribution in [1.29, 1.82) is 0 Å². The first-order valence-corrected chi connectivity index (χ1v) is 14.1. The molecule has 0 bridgehead atoms. The van der Waals surface area contributed by atoms with E-state index < -0.39 is 58.5 Å². The third-order valence-electron chi connectivity index (χ3n) is 5.55. The lowest BCUT2D eigenvalue weighted by atomic mass is 9.88. The summed E-state index contributed by atoms with van der Waals surface area (Å²) in [5.74, 6) is -1.45. The Morgan fingerprint density at radius 1 is 0.974 bits per heavy atom. The van der Waals surface area contributed by atoms with Crippen LogP contribution in [-0.4, -0.2) is 73.4 Å². The van der Waals surface area contributed by atoms with Gasteiger partial charge in [-0.25, -0.2) is 19.3 Å². The van der Waals surface area contributed by atoms with Gasteiger partial charge in [-0.1, -0.05) is 19.9 Å². The van der Waals surface area contributed by atoms with Crippen LogP contribution in [0, 0.1) is 5.92 Å². The molecule has 0 aromatic heterocycles. The average molecular weight is 557 g/mol. The highest BCUT2D eigenvalue weighted by molar-refractivity contribution is 7.99. The number of hydrogen-bond acceptors (Lipinski definition) is 8. The summed E-state index contributed by atoms with van der Waals surface area (Å²) in [6, 6.07) is -1.12. The molecule has 0 spiro atoms. The van der Waals surface area contributed by atoms with E-state index >= 15 is 0 Å². The fraction of sp³-hybridized carbons (Fsp3) is 0.786. The number of hydrogen-bond donors (Lipinski definition) is 0. The highest BCUT2D eigenvalue weighted by Crippen LogP contribution is 2.47. The molecule has 0 aromatic rings. The summed E-state index contributed by atoms with van der Waals surface area (Å²) in [5.41, 5.74) is -4.26. The van der Waals surface area contributed by atoms with E-state index in [1.54, 1.807) is 80.2 Å². The number of imide groups is 1. The predicted molar refractivity (Wildman–Crippen MR) is 150 cm³/mol. The molecule has 3 atom stereocenters. The van der Waals surface area contributed by atoms with Crippen molar-refractivity contribution in [3.05, 3.63) is 12.7 Å². The standard InChI is InChI=1S/C28H48N2O7S/c1-14-20-17-21(22(32)35-25(5,6)7)30(24(34)37-27(11,12)13)28(20,15-16-38-18(2)3)29(19(4)31)23(33)36-26(8,9)10/h14,18,20-21H,1,15-17H2,2-13H3/t20-,21?,28+/m1/s1. The first-order chi connectivity index (χ1) is 17.1. The minimum absolute atomic E-state index is 0.0938. The summed E-state index contributed by atoms with van der Waals surface area (Å²) in [7, 11) is 0. The molecule has 0 saturated carbocycles. The van der Waals surface area contributed by atoms with E-state index in [1.165, 1.54) is 11.8 Å². The van der Waals surface area contributed by atoms with Crippen LogP contribution >= 0.6 is 11.8 Å². The molecular formula is C28H48N2O7S. The van der Waals surface area contributed by atoms with Crippen molar-refractivity contribution >= 4 is 35.8 Å². The van der Waals surface area contributed by atoms with Crippen molar-refractivity contribution in [3.8, 4) is 0 Å². The molecular weight excluding hydrogens is 508 g/mol. The highest BCUT2D eigenvalue weighted by Gasteiger charge is 2.63. The van der Waals surface area contributed by atoms with Crippen LogP contribution in [0.2, 0.25) is 0 Å². The zero-order chi connectivity index (χ0) is 29.9. The number of likely N-dealkylation sites (tertiary alicyclic amines) is 1. The normalized spacial score (nSPS) is 22.2. The van der Waals surface area contributed by atoms with E-state index in [1.807, 2.05) is 13.8 Å². The molecule has 1 rings (SSSR count). The van der Waals surface area contributed by atoms with Gasteiger partial charge >= 0.3 is 18.2 Å². The average Bonchev–Trinajstić information content (AvgIpc) is 2.98. The van der Waals surface area contributed by atoms with Crippen LogP contribution in [0.5, 0.6) is 0 Å². The Hall–Kier alpha value is -2.23. The van der Waals surface area contributed by atoms with Crippen LogP contribution in [0.15, 0.2) is 12.7 Å². The number of amides is 3. The lowest BCUT2D eigenvalue weighted by molar-refractivity contribution is -0.166. The largest absolute Gasteiger partial charge is 0.458 e. The van der Waals surface area contributed by atoms with Gasteiger partial charge in [0.1, 0.15) is 28.5 Å². The number of rotatable bonds is 7. The molecule has 0 N–H and O–H groups in total. The van der Waals surface area contributed by atoms with Gasteiger partial charge in [-0.15, -0.1) is 6.58 Å². The second-order valence-corrected chi connectivity index (χ2v) is 14.5. The smallest absolute Gasteiger partial charge is 0.419 e. The number of thioether (sulfide) groups is 1. The summed E-state index contributed by atoms with van der Waals surface area (Å²) in [5, 5.41) is 0.250. The predicted octanol–water partition coefficient (Wildman–Crippen LogP) is 6.15. The molecule has 1 aliphatic heterocycles. The van der Waals surface area contributed by atoms with E-state index in [2.05, 4.69) is 6.58 Å². The fourth-order valence-electron chi connectivity index (χ4n) is 4.44. The van der Waals surface area contributed by atoms with Crippen molar-refractivity contribution < 1.29 is 33.4 Å². The van der Waals surface area contributed by atoms with Gasteiger partial charge in [-0.05, 0) is 86.2 Å². The molecule has 3 amide bonds. The van der Waals surface area contributed by atoms with Crippen LogP contribution < -0.4 is 0 Å². The highest BCUT2D eigenvalue weighted by atomic mass is 32.2. The van der Waals surface area contributed by atoms with Gasteiger partial charge in [0, 0.05) is 12.8 Å². The Bertz CT molecular complexity index is 898. The number of nitrogens with zero attached hydrogens (tertiary/aromatic N) is 2. The van der Waals surface area contributed by atoms with Gasteiger partial charge in [-0.3, -0.25) is 9.69 Å². The van der Waals surface area contributed by atoms with Crippen LogP contribution in [0.4, 0.5) is 9.59 Å². The number of carbonyl (C=O) groups is 4. The van der Waals surface area contributed by atoms with E-state index in [-0.39, 0.29) is 18.1 Å². The fourth-order valence-corrected chi connectivity index (χ4v) is 5.33. The maximum absolute atomic E-state index is 13.9. The lowest BCUT2D eigenvalue weighted by Gasteiger charge is -2.48. The molecule has 218 valence electrons. The lowest BCUT2D eigenvalue weighted by Crippen LogP contribution is -2.68. The van der Waals surface area contributed by atoms with Crippen LogP contribution in [0.3, 0.4) is 0 Å². The van der Waals surface area contributed by atoms with E-state index in [0.29, 0.717) is 5.75 Å². The van der Waals surface area contributed by atoms with Crippen molar-refractivity contribution in [2.75, 3.05) is 5.75 Å². The number of esters is 1. The molecule has 0 aromatic carbocycles. The van der Waals surface area contributed by atoms with Crippen molar-refractivity contribution in [2.45, 2.75) is 130 Å². The summed E-state index contributed by atoms with van der Waals surface area (Å²) < 4.78 is 17.1. The van der Waals surface area contributed by atoms with Gasteiger partial charge in [0.05, 0.1) is 0 Å². The molecule has 9 nitrogen and oxygen atoms in total. The summed E-state index contributed by atoms with van der Waals surface area (Å²) >= 11 is 1.61. The maximum Gasteiger partial charge on any atom is 0.419 e. The van der Waals surface area contributed by atoms with Crippen molar-refractivity contribution in [1.82, 2.24) is 9.80 Å². The minimum Gasteiger partial charge on any atom is -0.458 e. The molecule has 1 fully saturated rings. The van der Waals surface area contributed by atoms with Gasteiger partial charge in [0.15, 0.2) is 0 Å². The maximum atomic E-state index is 13.9. The van der Waals surface area contributed by atoms with Crippen molar-refractivity contribution in [2.24, 2.45) is 5.92 Å². The van der Waals surface area contributed by atoms with E-state index in [0.717, 1.165) is 4.90 Å². The van der Waals surface area contributed by atoms with Crippen LogP contribution in [-0.2, 0) is 23.8 Å². The Kier molecular flexibility index (Phi) is 10.9. The quantitative estimate of drug-likeness (QED) is 0.209. The Labute approximate surface area is 233 Å². The third-order valence-corrected chi connectivity index (χ3v) is 6.66. The Morgan fingerprint density at radius 2 is 1.47 bits per heavy atom. The van der Waals surface area contributed by atoms with Crippen molar-refractivity contribution in [3.63, 3.8) is 0 Å². The topological polar surface area (TPSA) is 102 Å². The molecule has 1 unspecified atom stereocenters. The SMILES string of the molecule is C=C[C@@H]1CC(C(=O)OC(C)(C)C)N(C(=O)OC(C)(C)C)[C@]1(CCSC(C)C)N(C(C)=O)C(=O)OC(C)(C)C. The Morgan fingerprint density at radius 3 is 1.87 bits per heavy atom. The second kappa shape index (κ2) is 12.3. The first kappa shape index (κ1) is 33.8. The molecule has 1 aliphatic rings. The second-order valence-electron chi connectivity index (χ2n) is 12.9. The van der Waals surface area contributed by atoms with E-state index in [9.17, 15) is 19.2 Å². The summed E-state index contributed by atoms with van der Waals surface area (Å²) in [6.07, 6.45) is 0.106. The summed E-state index contributed by atoms with van der Waals surface area (Å²) in [6.45, 7) is 24.7. The van der Waals surface area contributed by atoms with E-state index in [4.69, 9.17) is 14.2 Å². The number of carbonyl (C=O) groups excluding carboxylic acids is 4. The molecule has 0 radical (unpaired) electrons. The van der Waals surface area contributed by atoms with Gasteiger partial charge < -0.3 is 14.2 Å². The molecule has 10 heteroatoms. The molecule has 1 heterocycles. The molecule has 38 heavy (non-hydrogen) atoms. The molecule has 1 saturated heterocycles. The zero-order valence-electron chi connectivity index (χ0n) is 25.3. The third kappa shape index (κ3) is 8.92.